The molecule has 3 rings (SSSR count). The first-order chi connectivity index (χ1) is 10.7. The van der Waals surface area contributed by atoms with Crippen molar-refractivity contribution in [1.29, 1.82) is 0 Å². The molecule has 2 aromatic carbocycles. The highest BCUT2D eigenvalue weighted by Crippen LogP contribution is 2.19. The van der Waals surface area contributed by atoms with Crippen molar-refractivity contribution in [3.05, 3.63) is 78.0 Å². The number of carbonyl (C=O) groups is 1. The summed E-state index contributed by atoms with van der Waals surface area (Å²) in [6.07, 6.45) is -0.518. The highest BCUT2D eigenvalue weighted by molar-refractivity contribution is 5.78. The second-order valence-corrected chi connectivity index (χ2v) is 5.11. The molecule has 0 fully saturated rings. The lowest BCUT2D eigenvalue weighted by atomic mass is 10.0. The van der Waals surface area contributed by atoms with Crippen LogP contribution in [0.1, 0.15) is 17.3 Å². The number of rotatable bonds is 4. The van der Waals surface area contributed by atoms with Gasteiger partial charge in [0.2, 0.25) is 0 Å². The molecule has 4 nitrogen and oxygen atoms in total. The first-order valence-electron chi connectivity index (χ1n) is 7.11. The number of pyridine rings is 1. The van der Waals surface area contributed by atoms with Gasteiger partial charge in [-0.1, -0.05) is 54.6 Å². The van der Waals surface area contributed by atoms with E-state index in [0.717, 1.165) is 22.2 Å². The third-order valence-corrected chi connectivity index (χ3v) is 3.57. The molecule has 1 atom stereocenters. The van der Waals surface area contributed by atoms with E-state index in [0.29, 0.717) is 6.42 Å². The molecular weight excluding hydrogens is 276 g/mol. The van der Waals surface area contributed by atoms with Crippen LogP contribution in [-0.4, -0.2) is 16.2 Å². The van der Waals surface area contributed by atoms with Gasteiger partial charge in [0.1, 0.15) is 0 Å². The molecule has 4 heteroatoms. The predicted octanol–water partition coefficient (Wildman–Crippen LogP) is 3.79. The van der Waals surface area contributed by atoms with Crippen LogP contribution in [0.5, 0.6) is 0 Å². The van der Waals surface area contributed by atoms with Gasteiger partial charge in [0, 0.05) is 17.5 Å². The van der Waals surface area contributed by atoms with Gasteiger partial charge in [-0.3, -0.25) is 4.98 Å². The van der Waals surface area contributed by atoms with E-state index in [4.69, 9.17) is 5.11 Å². The van der Waals surface area contributed by atoms with Crippen LogP contribution in [0.3, 0.4) is 0 Å². The second-order valence-electron chi connectivity index (χ2n) is 5.11. The Bertz CT molecular complexity index is 787. The Kier molecular flexibility index (Phi) is 4.01. The van der Waals surface area contributed by atoms with E-state index in [-0.39, 0.29) is 6.04 Å². The summed E-state index contributed by atoms with van der Waals surface area (Å²) in [5.41, 5.74) is 2.71. The number of hydrogen-bond donors (Lipinski definition) is 2. The van der Waals surface area contributed by atoms with E-state index >= 15 is 0 Å². The first-order valence-corrected chi connectivity index (χ1v) is 7.11. The topological polar surface area (TPSA) is 62.2 Å². The largest absolute Gasteiger partial charge is 0.465 e. The normalized spacial score (nSPS) is 12.0. The van der Waals surface area contributed by atoms with Crippen molar-refractivity contribution in [1.82, 2.24) is 10.3 Å². The van der Waals surface area contributed by atoms with Crippen LogP contribution < -0.4 is 5.32 Å². The van der Waals surface area contributed by atoms with Gasteiger partial charge in [-0.2, -0.15) is 0 Å². The number of benzene rings is 2. The van der Waals surface area contributed by atoms with Gasteiger partial charge in [-0.25, -0.2) is 4.79 Å². The molecule has 22 heavy (non-hydrogen) atoms. The van der Waals surface area contributed by atoms with Crippen LogP contribution in [0, 0.1) is 0 Å². The highest BCUT2D eigenvalue weighted by Gasteiger charge is 2.15. The van der Waals surface area contributed by atoms with E-state index in [9.17, 15) is 4.79 Å². The van der Waals surface area contributed by atoms with Crippen LogP contribution >= 0.6 is 0 Å². The van der Waals surface area contributed by atoms with Crippen molar-refractivity contribution in [3.63, 3.8) is 0 Å². The molecule has 1 aromatic heterocycles. The lowest BCUT2D eigenvalue weighted by Crippen LogP contribution is -2.28. The molecule has 0 spiro atoms. The van der Waals surface area contributed by atoms with Gasteiger partial charge in [0.05, 0.1) is 11.6 Å². The SMILES string of the molecule is O=C(O)NC(Cc1ccc2ccccc2n1)c1ccccc1. The number of nitrogens with zero attached hydrogens (tertiary/aromatic N) is 1. The fraction of sp³-hybridized carbons (Fsp3) is 0.111. The zero-order valence-electron chi connectivity index (χ0n) is 11.9. The summed E-state index contributed by atoms with van der Waals surface area (Å²) in [4.78, 5) is 15.7. The number of fused-ring (bicyclic) bond motifs is 1. The maximum absolute atomic E-state index is 11.1. The molecule has 3 aromatic rings. The minimum absolute atomic E-state index is 0.313. The van der Waals surface area contributed by atoms with Crippen molar-refractivity contribution in [2.75, 3.05) is 0 Å². The van der Waals surface area contributed by atoms with Crippen molar-refractivity contribution in [2.24, 2.45) is 0 Å². The number of para-hydroxylation sites is 1. The Labute approximate surface area is 128 Å². The average molecular weight is 292 g/mol. The molecule has 0 aliphatic carbocycles. The Morgan fingerprint density at radius 2 is 1.73 bits per heavy atom. The molecular formula is C18H16N2O2. The van der Waals surface area contributed by atoms with Crippen molar-refractivity contribution >= 4 is 17.0 Å². The maximum atomic E-state index is 11.1. The van der Waals surface area contributed by atoms with Gasteiger partial charge in [-0.05, 0) is 17.7 Å². The number of hydrogen-bond acceptors (Lipinski definition) is 2. The smallest absolute Gasteiger partial charge is 0.405 e. The molecule has 1 heterocycles. The molecule has 0 radical (unpaired) electrons. The Morgan fingerprint density at radius 3 is 2.50 bits per heavy atom. The molecule has 0 bridgehead atoms. The van der Waals surface area contributed by atoms with Crippen molar-refractivity contribution < 1.29 is 9.90 Å². The van der Waals surface area contributed by atoms with E-state index in [1.165, 1.54) is 0 Å². The minimum Gasteiger partial charge on any atom is -0.465 e. The second kappa shape index (κ2) is 6.26. The molecule has 1 amide bonds. The monoisotopic (exact) mass is 292 g/mol. The summed E-state index contributed by atoms with van der Waals surface area (Å²) in [6, 6.07) is 21.1. The zero-order valence-corrected chi connectivity index (χ0v) is 11.9. The van der Waals surface area contributed by atoms with E-state index in [1.807, 2.05) is 66.7 Å². The minimum atomic E-state index is -1.03. The summed E-state index contributed by atoms with van der Waals surface area (Å²) >= 11 is 0. The summed E-state index contributed by atoms with van der Waals surface area (Å²) in [6.45, 7) is 0. The zero-order chi connectivity index (χ0) is 15.4. The maximum Gasteiger partial charge on any atom is 0.405 e. The van der Waals surface area contributed by atoms with Gasteiger partial charge in [0.15, 0.2) is 0 Å². The van der Waals surface area contributed by atoms with E-state index in [1.54, 1.807) is 0 Å². The molecule has 110 valence electrons. The quantitative estimate of drug-likeness (QED) is 0.769. The van der Waals surface area contributed by atoms with Crippen LogP contribution in [0.25, 0.3) is 10.9 Å². The fourth-order valence-corrected chi connectivity index (χ4v) is 2.52. The molecule has 1 unspecified atom stereocenters. The predicted molar refractivity (Wildman–Crippen MR) is 85.8 cm³/mol. The van der Waals surface area contributed by atoms with Gasteiger partial charge in [0.25, 0.3) is 0 Å². The van der Waals surface area contributed by atoms with Crippen molar-refractivity contribution in [3.8, 4) is 0 Å². The number of amides is 1. The number of carboxylic acid groups (broad SMARTS) is 1. The Hall–Kier alpha value is -2.88. The fourth-order valence-electron chi connectivity index (χ4n) is 2.52. The van der Waals surface area contributed by atoms with Crippen LogP contribution in [0.2, 0.25) is 0 Å². The molecule has 0 saturated heterocycles. The summed E-state index contributed by atoms with van der Waals surface area (Å²) in [5, 5.41) is 12.7. The average Bonchev–Trinajstić information content (AvgIpc) is 2.54. The number of nitrogens with one attached hydrogen (secondary N) is 1. The lowest BCUT2D eigenvalue weighted by Gasteiger charge is -2.17. The van der Waals surface area contributed by atoms with Crippen LogP contribution in [0.15, 0.2) is 66.7 Å². The van der Waals surface area contributed by atoms with Gasteiger partial charge >= 0.3 is 6.09 Å². The molecule has 0 aliphatic heterocycles. The van der Waals surface area contributed by atoms with E-state index in [2.05, 4.69) is 10.3 Å². The summed E-state index contributed by atoms with van der Waals surface area (Å²) in [5.74, 6) is 0. The standard InChI is InChI=1S/C18H16N2O2/c21-18(22)20-17(13-6-2-1-3-7-13)12-15-11-10-14-8-4-5-9-16(14)19-15/h1-11,17,20H,12H2,(H,21,22). The molecule has 0 aliphatic rings. The van der Waals surface area contributed by atoms with Gasteiger partial charge < -0.3 is 10.4 Å². The summed E-state index contributed by atoms with van der Waals surface area (Å²) in [7, 11) is 0. The Morgan fingerprint density at radius 1 is 1.00 bits per heavy atom. The molecule has 2 N–H and O–H groups in total. The van der Waals surface area contributed by atoms with Crippen molar-refractivity contribution in [2.45, 2.75) is 12.5 Å². The van der Waals surface area contributed by atoms with Gasteiger partial charge in [-0.15, -0.1) is 0 Å². The summed E-state index contributed by atoms with van der Waals surface area (Å²) < 4.78 is 0. The highest BCUT2D eigenvalue weighted by atomic mass is 16.4. The van der Waals surface area contributed by atoms with Crippen LogP contribution in [0.4, 0.5) is 4.79 Å². The first kappa shape index (κ1) is 14.1. The van der Waals surface area contributed by atoms with Crippen LogP contribution in [-0.2, 0) is 6.42 Å². The molecule has 0 saturated carbocycles. The Balaban J connectivity index is 1.89. The lowest BCUT2D eigenvalue weighted by molar-refractivity contribution is 0.189. The van der Waals surface area contributed by atoms with E-state index < -0.39 is 6.09 Å². The number of aromatic nitrogens is 1. The third-order valence-electron chi connectivity index (χ3n) is 3.57. The third kappa shape index (κ3) is 3.23.